The summed E-state index contributed by atoms with van der Waals surface area (Å²) in [5.74, 6) is 0. The molecule has 0 unspecified atom stereocenters. The average Bonchev–Trinajstić information content (AvgIpc) is 3.89. The van der Waals surface area contributed by atoms with E-state index in [2.05, 4.69) is 145 Å². The van der Waals surface area contributed by atoms with Gasteiger partial charge in [-0.15, -0.1) is 46.2 Å². The zero-order valence-corrected chi connectivity index (χ0v) is 35.4. The van der Waals surface area contributed by atoms with Crippen molar-refractivity contribution in [2.45, 2.75) is 65.0 Å². The van der Waals surface area contributed by atoms with Crippen LogP contribution in [0.25, 0.3) is 43.8 Å². The van der Waals surface area contributed by atoms with Gasteiger partial charge in [0, 0.05) is 0 Å². The van der Waals surface area contributed by atoms with Gasteiger partial charge < -0.3 is 0 Å². The number of rotatable bonds is 4. The summed E-state index contributed by atoms with van der Waals surface area (Å²) in [4.78, 5) is 0. The molecule has 0 atom stereocenters. The molecule has 7 aromatic carbocycles. The Kier molecular flexibility index (Phi) is 12.5. The van der Waals surface area contributed by atoms with Gasteiger partial charge in [0.25, 0.3) is 0 Å². The number of fused-ring (bicyclic) bond motifs is 3. The molecule has 0 aromatic heterocycles. The van der Waals surface area contributed by atoms with Crippen LogP contribution in [0, 0.1) is 6.08 Å². The third kappa shape index (κ3) is 9.77. The van der Waals surface area contributed by atoms with Crippen LogP contribution in [0.4, 0.5) is 13.2 Å². The van der Waals surface area contributed by atoms with Crippen molar-refractivity contribution in [2.75, 3.05) is 0 Å². The van der Waals surface area contributed by atoms with Crippen molar-refractivity contribution in [1.29, 1.82) is 0 Å². The van der Waals surface area contributed by atoms with E-state index in [1.807, 2.05) is 42.5 Å². The first-order chi connectivity index (χ1) is 26.6. The monoisotopic (exact) mass is 818 g/mol. The molecule has 0 saturated carbocycles. The van der Waals surface area contributed by atoms with Gasteiger partial charge >= 0.3 is 118 Å². The number of hydrogen-bond acceptors (Lipinski definition) is 0. The van der Waals surface area contributed by atoms with Gasteiger partial charge in [0.1, 0.15) is 0 Å². The van der Waals surface area contributed by atoms with Crippen molar-refractivity contribution in [3.8, 4) is 22.3 Å². The molecule has 0 heterocycles. The van der Waals surface area contributed by atoms with Crippen molar-refractivity contribution >= 4 is 24.8 Å². The zero-order chi connectivity index (χ0) is 40.1. The van der Waals surface area contributed by atoms with Crippen molar-refractivity contribution in [1.82, 2.24) is 0 Å². The van der Waals surface area contributed by atoms with Crippen LogP contribution < -0.4 is 0 Å². The zero-order valence-electron chi connectivity index (χ0n) is 32.9. The van der Waals surface area contributed by atoms with Crippen LogP contribution in [0.3, 0.4) is 0 Å². The number of halogens is 3. The van der Waals surface area contributed by atoms with Gasteiger partial charge in [0.2, 0.25) is 0 Å². The minimum atomic E-state index is -4.29. The Labute approximate surface area is 345 Å². The van der Waals surface area contributed by atoms with Gasteiger partial charge in [-0.3, -0.25) is 6.08 Å². The summed E-state index contributed by atoms with van der Waals surface area (Å²) in [6.45, 7) is 13.9. The van der Waals surface area contributed by atoms with E-state index < -0.39 is 11.7 Å². The fourth-order valence-electron chi connectivity index (χ4n) is 7.02. The minimum absolute atomic E-state index is 0.0554. The molecule has 0 spiro atoms. The fraction of sp³-hybridized carbons (Fsp3) is 0.192. The fourth-order valence-corrected chi connectivity index (χ4v) is 7.81. The van der Waals surface area contributed by atoms with Gasteiger partial charge in [-0.1, -0.05) is 114 Å². The van der Waals surface area contributed by atoms with E-state index in [1.54, 1.807) is 6.07 Å². The number of allylic oxidation sites excluding steroid dienone is 4. The number of benzene rings is 6. The molecule has 0 amide bonds. The summed E-state index contributed by atoms with van der Waals surface area (Å²) in [7, 11) is 0. The predicted molar refractivity (Wildman–Crippen MR) is 228 cm³/mol. The van der Waals surface area contributed by atoms with Crippen LogP contribution in [-0.2, 0) is 41.2 Å². The van der Waals surface area contributed by atoms with E-state index in [9.17, 15) is 13.2 Å². The Hall–Kier alpha value is -4.79. The van der Waals surface area contributed by atoms with Crippen LogP contribution in [0.15, 0.2) is 164 Å². The van der Waals surface area contributed by atoms with Crippen LogP contribution in [-0.4, -0.2) is 3.21 Å². The quantitative estimate of drug-likeness (QED) is 0.155. The normalized spacial score (nSPS) is 12.6. The molecule has 0 radical (unpaired) electrons. The molecule has 280 valence electrons. The molecule has 1 aliphatic rings. The van der Waals surface area contributed by atoms with Crippen molar-refractivity contribution in [3.05, 3.63) is 198 Å². The molecular weight excluding hydrogens is 773 g/mol. The Morgan fingerprint density at radius 2 is 1.04 bits per heavy atom. The first kappa shape index (κ1) is 40.9. The first-order valence-electron chi connectivity index (χ1n) is 19.0. The summed E-state index contributed by atoms with van der Waals surface area (Å²) in [6.07, 6.45) is 5.71. The van der Waals surface area contributed by atoms with Gasteiger partial charge in [0.05, 0.1) is 0 Å². The summed E-state index contributed by atoms with van der Waals surface area (Å²) in [5, 5.41) is 5.36. The second-order valence-corrected chi connectivity index (χ2v) is 17.4. The van der Waals surface area contributed by atoms with E-state index in [-0.39, 0.29) is 10.8 Å². The van der Waals surface area contributed by atoms with Crippen LogP contribution in [0.2, 0.25) is 0 Å². The molecule has 0 fully saturated rings. The van der Waals surface area contributed by atoms with E-state index >= 15 is 0 Å². The number of alkyl halides is 3. The first-order valence-corrected chi connectivity index (χ1v) is 20.2. The Morgan fingerprint density at radius 3 is 1.43 bits per heavy atom. The van der Waals surface area contributed by atoms with Crippen molar-refractivity contribution < 1.29 is 37.4 Å². The molecule has 8 rings (SSSR count). The summed E-state index contributed by atoms with van der Waals surface area (Å²) in [5.41, 5.74) is 9.16. The SMILES string of the molecule is CC(C)(C)c1cc2c(cc1-c1ccccc1)[cH-]c1cc(-c3ccccc3)c(C(C)(C)C)cc12.FC(F)(F)c1cccc([C](=[Zr+2])c2ccccc2)c1.[C-]1=CC=CC1. The molecule has 0 nitrogen and oxygen atoms in total. The smallest absolute Gasteiger partial charge is 0.109 e. The van der Waals surface area contributed by atoms with E-state index in [4.69, 9.17) is 0 Å². The van der Waals surface area contributed by atoms with E-state index in [1.165, 1.54) is 67.1 Å². The molecule has 0 bridgehead atoms. The van der Waals surface area contributed by atoms with Gasteiger partial charge in [-0.25, -0.2) is 12.2 Å². The van der Waals surface area contributed by atoms with Crippen molar-refractivity contribution in [3.63, 3.8) is 0 Å². The van der Waals surface area contributed by atoms with E-state index in [0.29, 0.717) is 5.56 Å². The molecular formula is C52H47F3Zr. The third-order valence-corrected chi connectivity index (χ3v) is 11.3. The largest absolute Gasteiger partial charge is 0.273 e. The summed E-state index contributed by atoms with van der Waals surface area (Å²) < 4.78 is 38.8. The molecule has 1 aliphatic carbocycles. The van der Waals surface area contributed by atoms with E-state index in [0.717, 1.165) is 45.5 Å². The minimum Gasteiger partial charge on any atom is -0.273 e. The van der Waals surface area contributed by atoms with Gasteiger partial charge in [0.15, 0.2) is 0 Å². The maximum absolute atomic E-state index is 12.6. The standard InChI is InChI=1S/C33H33.C14H9F3.C5H5.Zr/c1-32(2,3)30-20-26-24(18-28(30)22-13-9-7-10-14-22)17-25-19-29(23-15-11-8-12-16-23)31(21-27(25)26)33(4,5)6;15-14(16,17)13-8-4-7-12(10-13)9-11-5-2-1-3-6-11;1-2-4-5-3-1;/h7-21H,1-6H3;1-8,10H;1-3H,4H2;/q-1;;-1;+2. The third-order valence-electron chi connectivity index (χ3n) is 9.89. The molecule has 0 N–H and O–H groups in total. The maximum atomic E-state index is 12.6. The molecule has 7 aromatic rings. The Balaban J connectivity index is 0.000000192. The Morgan fingerprint density at radius 1 is 0.571 bits per heavy atom. The second-order valence-electron chi connectivity index (χ2n) is 16.2. The summed E-state index contributed by atoms with van der Waals surface area (Å²) in [6, 6.07) is 48.7. The topological polar surface area (TPSA) is 0 Å². The van der Waals surface area contributed by atoms with Crippen molar-refractivity contribution in [2.24, 2.45) is 0 Å². The number of hydrogen-bond donors (Lipinski definition) is 0. The summed E-state index contributed by atoms with van der Waals surface area (Å²) >= 11 is 1.09. The van der Waals surface area contributed by atoms with Crippen LogP contribution >= 0.6 is 0 Å². The average molecular weight is 820 g/mol. The van der Waals surface area contributed by atoms with Crippen LogP contribution in [0.1, 0.15) is 75.8 Å². The molecule has 0 aliphatic heterocycles. The van der Waals surface area contributed by atoms with Crippen LogP contribution in [0.5, 0.6) is 0 Å². The molecule has 56 heavy (non-hydrogen) atoms. The predicted octanol–water partition coefficient (Wildman–Crippen LogP) is 14.8. The maximum Gasteiger partial charge on any atom is -0.109 e. The molecule has 4 heteroatoms. The second kappa shape index (κ2) is 17.1. The van der Waals surface area contributed by atoms with Gasteiger partial charge in [-0.2, -0.15) is 6.08 Å². The Bertz CT molecular complexity index is 2360. The van der Waals surface area contributed by atoms with Gasteiger partial charge in [-0.05, 0) is 44.2 Å². The molecule has 0 saturated heterocycles.